The molecule has 0 aromatic rings. The van der Waals surface area contributed by atoms with E-state index in [-0.39, 0.29) is 0 Å². The third-order valence-electron chi connectivity index (χ3n) is 2.30. The molecule has 1 atom stereocenters. The van der Waals surface area contributed by atoms with Crippen LogP contribution in [0.2, 0.25) is 19.6 Å². The van der Waals surface area contributed by atoms with Crippen LogP contribution in [0.15, 0.2) is 11.3 Å². The van der Waals surface area contributed by atoms with Crippen molar-refractivity contribution in [3.05, 3.63) is 11.3 Å². The third-order valence-corrected chi connectivity index (χ3v) is 4.74. The van der Waals surface area contributed by atoms with E-state index in [0.29, 0.717) is 12.3 Å². The molecule has 0 saturated carbocycles. The molecule has 2 heteroatoms. The van der Waals surface area contributed by atoms with E-state index in [1.165, 1.54) is 0 Å². The fraction of sp³-hybridized carbons (Fsp3) is 0.727. The average molecular weight is 198 g/mol. The fourth-order valence-electron chi connectivity index (χ4n) is 1.46. The van der Waals surface area contributed by atoms with Gasteiger partial charge in [0.2, 0.25) is 0 Å². The summed E-state index contributed by atoms with van der Waals surface area (Å²) in [7, 11) is -1.13. The molecule has 0 aliphatic rings. The SMILES string of the molecule is CC/C(=C/[C@H](C)CC=O)[Si](C)(C)C. The topological polar surface area (TPSA) is 17.1 Å². The summed E-state index contributed by atoms with van der Waals surface area (Å²) in [5, 5.41) is 1.59. The fourth-order valence-corrected chi connectivity index (χ4v) is 3.31. The molecule has 0 saturated heterocycles. The highest BCUT2D eigenvalue weighted by atomic mass is 28.3. The molecule has 0 aliphatic carbocycles. The van der Waals surface area contributed by atoms with Crippen molar-refractivity contribution in [1.29, 1.82) is 0 Å². The Kier molecular flexibility index (Phi) is 5.22. The normalized spacial score (nSPS) is 15.6. The van der Waals surface area contributed by atoms with E-state index in [2.05, 4.69) is 39.6 Å². The van der Waals surface area contributed by atoms with Crippen LogP contribution in [0.1, 0.15) is 26.7 Å². The predicted molar refractivity (Wildman–Crippen MR) is 61.6 cm³/mol. The van der Waals surface area contributed by atoms with Crippen molar-refractivity contribution < 1.29 is 4.79 Å². The Labute approximate surface area is 83.2 Å². The van der Waals surface area contributed by atoms with Crippen molar-refractivity contribution in [3.63, 3.8) is 0 Å². The second kappa shape index (κ2) is 5.38. The van der Waals surface area contributed by atoms with Crippen LogP contribution in [0.3, 0.4) is 0 Å². The lowest BCUT2D eigenvalue weighted by molar-refractivity contribution is -0.108. The number of hydrogen-bond donors (Lipinski definition) is 0. The molecule has 13 heavy (non-hydrogen) atoms. The lowest BCUT2D eigenvalue weighted by atomic mass is 10.1. The second-order valence-corrected chi connectivity index (χ2v) is 9.82. The van der Waals surface area contributed by atoms with E-state index in [1.54, 1.807) is 5.20 Å². The van der Waals surface area contributed by atoms with Crippen molar-refractivity contribution in [1.82, 2.24) is 0 Å². The van der Waals surface area contributed by atoms with Crippen LogP contribution in [0, 0.1) is 5.92 Å². The van der Waals surface area contributed by atoms with Gasteiger partial charge in [0.1, 0.15) is 6.29 Å². The van der Waals surface area contributed by atoms with Gasteiger partial charge in [0.25, 0.3) is 0 Å². The summed E-state index contributed by atoms with van der Waals surface area (Å²) in [5.74, 6) is 0.416. The van der Waals surface area contributed by atoms with Crippen molar-refractivity contribution >= 4 is 14.4 Å². The van der Waals surface area contributed by atoms with Crippen molar-refractivity contribution in [2.75, 3.05) is 0 Å². The number of allylic oxidation sites excluding steroid dienone is 2. The minimum absolute atomic E-state index is 0.416. The van der Waals surface area contributed by atoms with Crippen molar-refractivity contribution in [2.24, 2.45) is 5.92 Å². The van der Waals surface area contributed by atoms with Gasteiger partial charge >= 0.3 is 0 Å². The molecule has 0 fully saturated rings. The third kappa shape index (κ3) is 5.04. The summed E-state index contributed by atoms with van der Waals surface area (Å²) in [6, 6.07) is 0. The first-order valence-corrected chi connectivity index (χ1v) is 8.56. The summed E-state index contributed by atoms with van der Waals surface area (Å²) in [4.78, 5) is 10.3. The zero-order chi connectivity index (χ0) is 10.5. The lowest BCUT2D eigenvalue weighted by Gasteiger charge is -2.21. The van der Waals surface area contributed by atoms with Gasteiger partial charge in [-0.3, -0.25) is 0 Å². The maximum atomic E-state index is 10.3. The van der Waals surface area contributed by atoms with Gasteiger partial charge in [-0.05, 0) is 12.3 Å². The zero-order valence-corrected chi connectivity index (χ0v) is 10.6. The van der Waals surface area contributed by atoms with E-state index in [0.717, 1.165) is 12.7 Å². The van der Waals surface area contributed by atoms with E-state index in [9.17, 15) is 4.79 Å². The summed E-state index contributed by atoms with van der Waals surface area (Å²) >= 11 is 0. The van der Waals surface area contributed by atoms with E-state index < -0.39 is 8.07 Å². The first-order valence-electron chi connectivity index (χ1n) is 5.06. The Morgan fingerprint density at radius 3 is 2.23 bits per heavy atom. The zero-order valence-electron chi connectivity index (χ0n) is 9.55. The van der Waals surface area contributed by atoms with Gasteiger partial charge in [0, 0.05) is 6.42 Å². The summed E-state index contributed by atoms with van der Waals surface area (Å²) < 4.78 is 0. The molecule has 0 bridgehead atoms. The van der Waals surface area contributed by atoms with Crippen molar-refractivity contribution in [3.8, 4) is 0 Å². The molecule has 0 heterocycles. The van der Waals surface area contributed by atoms with Gasteiger partial charge in [0.05, 0.1) is 8.07 Å². The van der Waals surface area contributed by atoms with Crippen LogP contribution in [0.4, 0.5) is 0 Å². The van der Waals surface area contributed by atoms with Gasteiger partial charge in [-0.25, -0.2) is 0 Å². The number of carbonyl (C=O) groups is 1. The highest BCUT2D eigenvalue weighted by Crippen LogP contribution is 2.20. The van der Waals surface area contributed by atoms with Gasteiger partial charge in [-0.1, -0.05) is 44.8 Å². The minimum Gasteiger partial charge on any atom is -0.303 e. The van der Waals surface area contributed by atoms with Gasteiger partial charge in [-0.2, -0.15) is 0 Å². The van der Waals surface area contributed by atoms with Crippen molar-refractivity contribution in [2.45, 2.75) is 46.3 Å². The number of carbonyl (C=O) groups excluding carboxylic acids is 1. The summed E-state index contributed by atoms with van der Waals surface area (Å²) in [6.07, 6.45) is 5.12. The first-order chi connectivity index (χ1) is 5.91. The number of hydrogen-bond acceptors (Lipinski definition) is 1. The van der Waals surface area contributed by atoms with E-state index in [1.807, 2.05) is 0 Å². The quantitative estimate of drug-likeness (QED) is 0.488. The molecule has 0 rings (SSSR count). The Hall–Kier alpha value is -0.373. The van der Waals surface area contributed by atoms with Gasteiger partial charge < -0.3 is 4.79 Å². The van der Waals surface area contributed by atoms with E-state index in [4.69, 9.17) is 0 Å². The molecule has 1 nitrogen and oxygen atoms in total. The maximum Gasteiger partial charge on any atom is 0.120 e. The van der Waals surface area contributed by atoms with Crippen LogP contribution in [-0.2, 0) is 4.79 Å². The Bertz CT molecular complexity index is 189. The molecule has 0 N–H and O–H groups in total. The highest BCUT2D eigenvalue weighted by Gasteiger charge is 2.18. The standard InChI is InChI=1S/C11H22OSi/c1-6-11(13(3,4)5)9-10(2)7-8-12/h8-10H,6-7H2,1-5H3/b11-9-/t10-/m1/s1. The monoisotopic (exact) mass is 198 g/mol. The smallest absolute Gasteiger partial charge is 0.120 e. The summed E-state index contributed by atoms with van der Waals surface area (Å²) in [5.41, 5.74) is 0. The molecule has 0 unspecified atom stereocenters. The number of aldehydes is 1. The molecule has 0 spiro atoms. The second-order valence-electron chi connectivity index (χ2n) is 4.68. The largest absolute Gasteiger partial charge is 0.303 e. The molecular formula is C11H22OSi. The van der Waals surface area contributed by atoms with Crippen LogP contribution in [0.25, 0.3) is 0 Å². The van der Waals surface area contributed by atoms with Gasteiger partial charge in [-0.15, -0.1) is 0 Å². The molecule has 0 amide bonds. The predicted octanol–water partition coefficient (Wildman–Crippen LogP) is 3.43. The average Bonchev–Trinajstić information content (AvgIpc) is 1.98. The maximum absolute atomic E-state index is 10.3. The molecule has 0 aromatic carbocycles. The van der Waals surface area contributed by atoms with Crippen LogP contribution in [0.5, 0.6) is 0 Å². The first kappa shape index (κ1) is 12.6. The Morgan fingerprint density at radius 2 is 1.92 bits per heavy atom. The Balaban J connectivity index is 4.47. The highest BCUT2D eigenvalue weighted by molar-refractivity contribution is 6.83. The molecule has 76 valence electrons. The van der Waals surface area contributed by atoms with Crippen LogP contribution >= 0.6 is 0 Å². The summed E-state index contributed by atoms with van der Waals surface area (Å²) in [6.45, 7) is 11.4. The molecule has 0 radical (unpaired) electrons. The minimum atomic E-state index is -1.13. The molecule has 0 aromatic heterocycles. The van der Waals surface area contributed by atoms with Crippen LogP contribution < -0.4 is 0 Å². The van der Waals surface area contributed by atoms with E-state index >= 15 is 0 Å². The Morgan fingerprint density at radius 1 is 1.38 bits per heavy atom. The lowest BCUT2D eigenvalue weighted by Crippen LogP contribution is -2.24. The molecule has 0 aliphatic heterocycles. The van der Waals surface area contributed by atoms with Crippen LogP contribution in [-0.4, -0.2) is 14.4 Å². The number of rotatable bonds is 5. The van der Waals surface area contributed by atoms with Gasteiger partial charge in [0.15, 0.2) is 0 Å². The molecular weight excluding hydrogens is 176 g/mol.